The number of benzene rings is 2. The first-order valence-electron chi connectivity index (χ1n) is 8.25. The summed E-state index contributed by atoms with van der Waals surface area (Å²) in [5, 5.41) is 13.2. The van der Waals surface area contributed by atoms with Gasteiger partial charge in [-0.3, -0.25) is 4.79 Å². The summed E-state index contributed by atoms with van der Waals surface area (Å²) in [6, 6.07) is 15.2. The number of nitriles is 1. The van der Waals surface area contributed by atoms with E-state index >= 15 is 0 Å². The largest absolute Gasteiger partial charge is 0.494 e. The summed E-state index contributed by atoms with van der Waals surface area (Å²) >= 11 is 1.13. The number of carbonyl (C=O) groups is 1. The SMILES string of the molecule is CCOc1ccc2nc(SCC(=O)Nc3ccccc3F)c(C#N)cc2c1. The number of aromatic nitrogens is 1. The number of para-hydroxylation sites is 1. The van der Waals surface area contributed by atoms with Gasteiger partial charge in [-0.25, -0.2) is 9.37 Å². The van der Waals surface area contributed by atoms with Crippen molar-refractivity contribution in [2.75, 3.05) is 17.7 Å². The smallest absolute Gasteiger partial charge is 0.234 e. The molecule has 1 heterocycles. The summed E-state index contributed by atoms with van der Waals surface area (Å²) in [5.41, 5.74) is 1.20. The molecule has 0 saturated carbocycles. The van der Waals surface area contributed by atoms with Crippen molar-refractivity contribution in [3.05, 3.63) is 59.9 Å². The van der Waals surface area contributed by atoms with Gasteiger partial charge in [0.25, 0.3) is 0 Å². The summed E-state index contributed by atoms with van der Waals surface area (Å²) in [4.78, 5) is 16.6. The highest BCUT2D eigenvalue weighted by Gasteiger charge is 2.12. The number of anilines is 1. The van der Waals surface area contributed by atoms with E-state index in [1.54, 1.807) is 18.2 Å². The van der Waals surface area contributed by atoms with Crippen LogP contribution in [0.3, 0.4) is 0 Å². The van der Waals surface area contributed by atoms with Gasteiger partial charge in [0.2, 0.25) is 5.91 Å². The first kappa shape index (κ1) is 18.7. The topological polar surface area (TPSA) is 75.0 Å². The van der Waals surface area contributed by atoms with E-state index in [9.17, 15) is 14.4 Å². The maximum atomic E-state index is 13.6. The Kier molecular flexibility index (Phi) is 5.89. The third-order valence-electron chi connectivity index (χ3n) is 3.67. The first-order chi connectivity index (χ1) is 13.1. The quantitative estimate of drug-likeness (QED) is 0.642. The number of hydrogen-bond acceptors (Lipinski definition) is 5. The Balaban J connectivity index is 1.76. The van der Waals surface area contributed by atoms with E-state index < -0.39 is 5.82 Å². The second-order valence-corrected chi connectivity index (χ2v) is 6.52. The van der Waals surface area contributed by atoms with Gasteiger partial charge in [0, 0.05) is 5.39 Å². The van der Waals surface area contributed by atoms with Gasteiger partial charge < -0.3 is 10.1 Å². The molecule has 0 radical (unpaired) electrons. The molecule has 2 aromatic carbocycles. The van der Waals surface area contributed by atoms with E-state index in [1.165, 1.54) is 12.1 Å². The van der Waals surface area contributed by atoms with Crippen molar-refractivity contribution >= 4 is 34.3 Å². The monoisotopic (exact) mass is 381 g/mol. The lowest BCUT2D eigenvalue weighted by Crippen LogP contribution is -2.15. The molecule has 0 aliphatic carbocycles. The molecule has 7 heteroatoms. The number of ether oxygens (including phenoxy) is 1. The third kappa shape index (κ3) is 4.54. The highest BCUT2D eigenvalue weighted by molar-refractivity contribution is 8.00. The lowest BCUT2D eigenvalue weighted by atomic mass is 10.1. The average molecular weight is 381 g/mol. The molecular formula is C20H16FN3O2S. The lowest BCUT2D eigenvalue weighted by Gasteiger charge is -2.09. The molecular weight excluding hydrogens is 365 g/mol. The molecule has 0 bridgehead atoms. The molecule has 3 aromatic rings. The molecule has 0 saturated heterocycles. The van der Waals surface area contributed by atoms with Crippen LogP contribution in [0.15, 0.2) is 53.6 Å². The number of rotatable bonds is 6. The Morgan fingerprint density at radius 2 is 2.11 bits per heavy atom. The highest BCUT2D eigenvalue weighted by atomic mass is 32.2. The van der Waals surface area contributed by atoms with Crippen molar-refractivity contribution in [3.8, 4) is 11.8 Å². The number of nitrogens with zero attached hydrogens (tertiary/aromatic N) is 2. The van der Waals surface area contributed by atoms with Gasteiger partial charge in [-0.05, 0) is 43.3 Å². The van der Waals surface area contributed by atoms with Gasteiger partial charge in [0.15, 0.2) is 0 Å². The minimum atomic E-state index is -0.498. The molecule has 1 N–H and O–H groups in total. The van der Waals surface area contributed by atoms with E-state index in [0.717, 1.165) is 17.1 Å². The maximum Gasteiger partial charge on any atom is 0.234 e. The second-order valence-electron chi connectivity index (χ2n) is 5.56. The minimum Gasteiger partial charge on any atom is -0.494 e. The van der Waals surface area contributed by atoms with Crippen LogP contribution < -0.4 is 10.1 Å². The fourth-order valence-corrected chi connectivity index (χ4v) is 3.23. The second kappa shape index (κ2) is 8.52. The molecule has 0 fully saturated rings. The molecule has 136 valence electrons. The van der Waals surface area contributed by atoms with Crippen molar-refractivity contribution in [3.63, 3.8) is 0 Å². The van der Waals surface area contributed by atoms with Crippen LogP contribution in [-0.4, -0.2) is 23.3 Å². The zero-order chi connectivity index (χ0) is 19.2. The van der Waals surface area contributed by atoms with Crippen LogP contribution in [0.2, 0.25) is 0 Å². The van der Waals surface area contributed by atoms with Crippen molar-refractivity contribution < 1.29 is 13.9 Å². The Bertz CT molecular complexity index is 1030. The van der Waals surface area contributed by atoms with E-state index in [-0.39, 0.29) is 17.3 Å². The van der Waals surface area contributed by atoms with Crippen LogP contribution in [0.5, 0.6) is 5.75 Å². The summed E-state index contributed by atoms with van der Waals surface area (Å²) in [5.74, 6) is -0.149. The number of pyridine rings is 1. The van der Waals surface area contributed by atoms with Gasteiger partial charge in [0.1, 0.15) is 22.7 Å². The molecule has 1 aromatic heterocycles. The van der Waals surface area contributed by atoms with E-state index in [4.69, 9.17) is 4.74 Å². The summed E-state index contributed by atoms with van der Waals surface area (Å²) in [6.07, 6.45) is 0. The van der Waals surface area contributed by atoms with Crippen LogP contribution in [0, 0.1) is 17.1 Å². The Labute approximate surface area is 160 Å². The molecule has 0 aliphatic heterocycles. The first-order valence-corrected chi connectivity index (χ1v) is 9.24. The van der Waals surface area contributed by atoms with Crippen LogP contribution >= 0.6 is 11.8 Å². The van der Waals surface area contributed by atoms with Crippen LogP contribution in [-0.2, 0) is 4.79 Å². The number of carbonyl (C=O) groups excluding carboxylic acids is 1. The predicted octanol–water partition coefficient (Wildman–Crippen LogP) is 4.38. The molecule has 0 unspecified atom stereocenters. The van der Waals surface area contributed by atoms with Gasteiger partial charge in [-0.1, -0.05) is 23.9 Å². The standard InChI is InChI=1S/C20H16FN3O2S/c1-2-26-15-7-8-17-13(10-15)9-14(11-22)20(24-17)27-12-19(25)23-18-6-4-3-5-16(18)21/h3-10H,2,12H2,1H3,(H,23,25). The molecule has 5 nitrogen and oxygen atoms in total. The lowest BCUT2D eigenvalue weighted by molar-refractivity contribution is -0.113. The van der Waals surface area contributed by atoms with Gasteiger partial charge >= 0.3 is 0 Å². The fraction of sp³-hybridized carbons (Fsp3) is 0.150. The Morgan fingerprint density at radius 3 is 2.85 bits per heavy atom. The molecule has 1 amide bonds. The fourth-order valence-electron chi connectivity index (χ4n) is 2.47. The minimum absolute atomic E-state index is 0.0125. The number of hydrogen-bond donors (Lipinski definition) is 1. The normalized spacial score (nSPS) is 10.4. The van der Waals surface area contributed by atoms with Crippen LogP contribution in [0.25, 0.3) is 10.9 Å². The number of fused-ring (bicyclic) bond motifs is 1. The van der Waals surface area contributed by atoms with Crippen molar-refractivity contribution in [1.82, 2.24) is 4.98 Å². The molecule has 3 rings (SSSR count). The zero-order valence-electron chi connectivity index (χ0n) is 14.5. The molecule has 0 aliphatic rings. The van der Waals surface area contributed by atoms with Crippen LogP contribution in [0.1, 0.15) is 12.5 Å². The zero-order valence-corrected chi connectivity index (χ0v) is 15.3. The molecule has 0 atom stereocenters. The maximum absolute atomic E-state index is 13.6. The van der Waals surface area contributed by atoms with E-state index in [2.05, 4.69) is 16.4 Å². The van der Waals surface area contributed by atoms with Gasteiger partial charge in [-0.15, -0.1) is 0 Å². The van der Waals surface area contributed by atoms with E-state index in [1.807, 2.05) is 25.1 Å². The Hall–Kier alpha value is -3.11. The van der Waals surface area contributed by atoms with Gasteiger partial charge in [0.05, 0.1) is 29.1 Å². The number of nitrogens with one attached hydrogen (secondary N) is 1. The van der Waals surface area contributed by atoms with Gasteiger partial charge in [-0.2, -0.15) is 5.26 Å². The third-order valence-corrected chi connectivity index (χ3v) is 4.66. The molecule has 27 heavy (non-hydrogen) atoms. The van der Waals surface area contributed by atoms with Crippen LogP contribution in [0.4, 0.5) is 10.1 Å². The summed E-state index contributed by atoms with van der Waals surface area (Å²) in [6.45, 7) is 2.45. The Morgan fingerprint density at radius 1 is 1.30 bits per heavy atom. The number of halogens is 1. The highest BCUT2D eigenvalue weighted by Crippen LogP contribution is 2.27. The van der Waals surface area contributed by atoms with Crippen molar-refractivity contribution in [2.45, 2.75) is 11.9 Å². The summed E-state index contributed by atoms with van der Waals surface area (Å²) in [7, 11) is 0. The average Bonchev–Trinajstić information content (AvgIpc) is 2.67. The van der Waals surface area contributed by atoms with E-state index in [0.29, 0.717) is 28.5 Å². The summed E-state index contributed by atoms with van der Waals surface area (Å²) < 4.78 is 19.1. The predicted molar refractivity (Wildman–Crippen MR) is 103 cm³/mol. The number of amides is 1. The van der Waals surface area contributed by atoms with Crippen molar-refractivity contribution in [1.29, 1.82) is 5.26 Å². The number of thioether (sulfide) groups is 1. The molecule has 0 spiro atoms. The van der Waals surface area contributed by atoms with Crippen molar-refractivity contribution in [2.24, 2.45) is 0 Å².